The van der Waals surface area contributed by atoms with Crippen molar-refractivity contribution in [3.05, 3.63) is 40.6 Å². The van der Waals surface area contributed by atoms with Crippen LogP contribution in [0.15, 0.2) is 39.5 Å². The zero-order valence-electron chi connectivity index (χ0n) is 27.5. The van der Waals surface area contributed by atoms with Gasteiger partial charge in [0.25, 0.3) is 0 Å². The van der Waals surface area contributed by atoms with Crippen LogP contribution in [0.25, 0.3) is 22.3 Å². The summed E-state index contributed by atoms with van der Waals surface area (Å²) in [5.74, 6) is 0.649. The van der Waals surface area contributed by atoms with Crippen LogP contribution >= 0.6 is 0 Å². The molecule has 2 unspecified atom stereocenters. The van der Waals surface area contributed by atoms with Gasteiger partial charge in [-0.2, -0.15) is 0 Å². The van der Waals surface area contributed by atoms with E-state index in [1.54, 1.807) is 18.2 Å². The van der Waals surface area contributed by atoms with Crippen LogP contribution in [-0.2, 0) is 4.74 Å². The lowest BCUT2D eigenvalue weighted by Gasteiger charge is -2.39. The highest BCUT2D eigenvalue weighted by Gasteiger charge is 2.45. The molecule has 2 aromatic carbocycles. The van der Waals surface area contributed by atoms with Gasteiger partial charge in [-0.25, -0.2) is 0 Å². The highest BCUT2D eigenvalue weighted by Crippen LogP contribution is 2.40. The van der Waals surface area contributed by atoms with Crippen molar-refractivity contribution >= 4 is 11.0 Å². The number of hydrogen-bond acceptors (Lipinski definition) is 15. The number of ether oxygens (including phenoxy) is 6. The molecule has 0 amide bonds. The van der Waals surface area contributed by atoms with E-state index in [1.165, 1.54) is 12.1 Å². The SMILES string of the molecule is CC(C)COc1c(-c2ccc(OCCCO)c(OCCCO)c2)oc2cc(O[C@@H]3OC(CO)[C@@H](O)C(O)[C@@H]3O)cc(OCCCO)c2c1=O. The molecule has 49 heavy (non-hydrogen) atoms. The van der Waals surface area contributed by atoms with Gasteiger partial charge < -0.3 is 68.6 Å². The summed E-state index contributed by atoms with van der Waals surface area (Å²) >= 11 is 0. The van der Waals surface area contributed by atoms with Gasteiger partial charge in [-0.3, -0.25) is 4.79 Å². The first-order chi connectivity index (χ1) is 23.6. The third kappa shape index (κ3) is 9.52. The lowest BCUT2D eigenvalue weighted by Crippen LogP contribution is -2.60. The van der Waals surface area contributed by atoms with Crippen molar-refractivity contribution in [1.82, 2.24) is 0 Å². The monoisotopic (exact) mass is 694 g/mol. The molecule has 272 valence electrons. The second-order valence-corrected chi connectivity index (χ2v) is 11.8. The van der Waals surface area contributed by atoms with Crippen molar-refractivity contribution in [2.24, 2.45) is 5.92 Å². The molecule has 0 spiro atoms. The topological polar surface area (TPSA) is 227 Å². The fraction of sp³-hybridized carbons (Fsp3) is 0.559. The Balaban J connectivity index is 1.87. The summed E-state index contributed by atoms with van der Waals surface area (Å²) in [4.78, 5) is 14.2. The van der Waals surface area contributed by atoms with Gasteiger partial charge in [0.05, 0.1) is 33.0 Å². The first-order valence-corrected chi connectivity index (χ1v) is 16.2. The third-order valence-corrected chi connectivity index (χ3v) is 7.44. The van der Waals surface area contributed by atoms with Gasteiger partial charge in [-0.1, -0.05) is 13.8 Å². The van der Waals surface area contributed by atoms with Crippen LogP contribution < -0.4 is 29.1 Å². The van der Waals surface area contributed by atoms with E-state index in [2.05, 4.69) is 0 Å². The van der Waals surface area contributed by atoms with E-state index in [0.717, 1.165) is 0 Å². The summed E-state index contributed by atoms with van der Waals surface area (Å²) in [7, 11) is 0. The Morgan fingerprint density at radius 1 is 0.755 bits per heavy atom. The maximum absolute atomic E-state index is 14.2. The summed E-state index contributed by atoms with van der Waals surface area (Å²) in [5, 5.41) is 68.4. The molecular weight excluding hydrogens is 648 g/mol. The first-order valence-electron chi connectivity index (χ1n) is 16.2. The van der Waals surface area contributed by atoms with E-state index in [9.17, 15) is 40.5 Å². The van der Waals surface area contributed by atoms with Crippen molar-refractivity contribution in [2.45, 2.75) is 63.8 Å². The van der Waals surface area contributed by atoms with Crippen LogP contribution in [0.5, 0.6) is 28.7 Å². The molecule has 15 nitrogen and oxygen atoms in total. The Labute approximate surface area is 282 Å². The highest BCUT2D eigenvalue weighted by molar-refractivity contribution is 5.89. The molecule has 0 bridgehead atoms. The molecule has 4 rings (SSSR count). The molecule has 2 heterocycles. The summed E-state index contributed by atoms with van der Waals surface area (Å²) in [6.45, 7) is 3.41. The minimum Gasteiger partial charge on any atom is -0.492 e. The molecule has 0 saturated carbocycles. The van der Waals surface area contributed by atoms with Gasteiger partial charge in [0, 0.05) is 56.8 Å². The standard InChI is InChI=1S/C34H46O15/c1-19(2)18-46-33-29(40)27-24(45-13-5-10-37)15-21(47-34-31(42)30(41)28(39)26(17-38)49-34)16-25(27)48-32(33)20-6-7-22(43-11-3-8-35)23(14-20)44-12-4-9-36/h6-7,14-16,19,26,28,30-31,34-39,41-42H,3-5,8-13,17-18H2,1-2H3/t26?,28-,30?,31+,34-/m1/s1. The number of rotatable bonds is 19. The predicted molar refractivity (Wildman–Crippen MR) is 174 cm³/mol. The zero-order valence-corrected chi connectivity index (χ0v) is 27.5. The molecule has 3 aromatic rings. The number of aliphatic hydroxyl groups excluding tert-OH is 7. The molecule has 0 radical (unpaired) electrons. The Hall–Kier alpha value is -3.67. The second kappa shape index (κ2) is 18.4. The van der Waals surface area contributed by atoms with Crippen molar-refractivity contribution in [2.75, 3.05) is 52.9 Å². The largest absolute Gasteiger partial charge is 0.492 e. The molecular formula is C34H46O15. The molecule has 1 saturated heterocycles. The zero-order chi connectivity index (χ0) is 35.5. The number of benzene rings is 2. The average molecular weight is 695 g/mol. The maximum atomic E-state index is 14.2. The van der Waals surface area contributed by atoms with Crippen molar-refractivity contribution in [3.8, 4) is 40.1 Å². The summed E-state index contributed by atoms with van der Waals surface area (Å²) in [6, 6.07) is 7.59. The highest BCUT2D eigenvalue weighted by atomic mass is 16.7. The van der Waals surface area contributed by atoms with Crippen LogP contribution in [0.2, 0.25) is 0 Å². The van der Waals surface area contributed by atoms with Crippen LogP contribution in [0, 0.1) is 5.92 Å². The molecule has 15 heteroatoms. The van der Waals surface area contributed by atoms with Crippen molar-refractivity contribution < 1.29 is 68.6 Å². The van der Waals surface area contributed by atoms with Crippen LogP contribution in [-0.4, -0.2) is 119 Å². The fourth-order valence-corrected chi connectivity index (χ4v) is 4.92. The van der Waals surface area contributed by atoms with Gasteiger partial charge in [-0.05, 0) is 24.1 Å². The lowest BCUT2D eigenvalue weighted by molar-refractivity contribution is -0.277. The van der Waals surface area contributed by atoms with E-state index in [1.807, 2.05) is 13.8 Å². The van der Waals surface area contributed by atoms with E-state index >= 15 is 0 Å². The van der Waals surface area contributed by atoms with Crippen LogP contribution in [0.1, 0.15) is 33.1 Å². The Morgan fingerprint density at radius 2 is 1.39 bits per heavy atom. The molecule has 5 atom stereocenters. The van der Waals surface area contributed by atoms with Gasteiger partial charge >= 0.3 is 0 Å². The Morgan fingerprint density at radius 3 is 2.00 bits per heavy atom. The summed E-state index contributed by atoms with van der Waals surface area (Å²) in [5.41, 5.74) is -0.195. The summed E-state index contributed by atoms with van der Waals surface area (Å²) < 4.78 is 41.3. The molecule has 1 aliphatic rings. The fourth-order valence-electron chi connectivity index (χ4n) is 4.92. The van der Waals surface area contributed by atoms with Gasteiger partial charge in [0.2, 0.25) is 17.5 Å². The number of aliphatic hydroxyl groups is 7. The summed E-state index contributed by atoms with van der Waals surface area (Å²) in [6.07, 6.45) is -6.76. The smallest absolute Gasteiger partial charge is 0.239 e. The Bertz CT molecular complexity index is 1540. The minimum absolute atomic E-state index is 0.00461. The Kier molecular flexibility index (Phi) is 14.3. The number of hydrogen-bond donors (Lipinski definition) is 7. The van der Waals surface area contributed by atoms with Crippen LogP contribution in [0.3, 0.4) is 0 Å². The van der Waals surface area contributed by atoms with E-state index in [4.69, 9.17) is 32.8 Å². The van der Waals surface area contributed by atoms with Crippen molar-refractivity contribution in [3.63, 3.8) is 0 Å². The molecule has 1 aromatic heterocycles. The minimum atomic E-state index is -1.70. The predicted octanol–water partition coefficient (Wildman–Crippen LogP) is 0.957. The van der Waals surface area contributed by atoms with Gasteiger partial charge in [0.1, 0.15) is 46.9 Å². The second-order valence-electron chi connectivity index (χ2n) is 11.8. The first kappa shape index (κ1) is 38.1. The molecule has 0 aliphatic carbocycles. The molecule has 1 aliphatic heterocycles. The molecule has 1 fully saturated rings. The van der Waals surface area contributed by atoms with Gasteiger partial charge in [0.15, 0.2) is 17.3 Å². The van der Waals surface area contributed by atoms with Gasteiger partial charge in [-0.15, -0.1) is 0 Å². The van der Waals surface area contributed by atoms with Crippen molar-refractivity contribution in [1.29, 1.82) is 0 Å². The van der Waals surface area contributed by atoms with E-state index in [0.29, 0.717) is 29.9 Å². The van der Waals surface area contributed by atoms with E-state index in [-0.39, 0.29) is 92.6 Å². The van der Waals surface area contributed by atoms with Crippen LogP contribution in [0.4, 0.5) is 0 Å². The normalized spacial score (nSPS) is 20.8. The molecule has 7 N–H and O–H groups in total. The third-order valence-electron chi connectivity index (χ3n) is 7.44. The average Bonchev–Trinajstić information content (AvgIpc) is 3.08. The quantitative estimate of drug-likeness (QED) is 0.0868. The maximum Gasteiger partial charge on any atom is 0.239 e. The number of fused-ring (bicyclic) bond motifs is 1. The van der Waals surface area contributed by atoms with E-state index < -0.39 is 42.7 Å². The lowest BCUT2D eigenvalue weighted by atomic mass is 9.99.